The Kier molecular flexibility index (Phi) is 70.2. The van der Waals surface area contributed by atoms with Gasteiger partial charge in [0.25, 0.3) is 0 Å². The summed E-state index contributed by atoms with van der Waals surface area (Å²) < 4.78 is 0. The summed E-state index contributed by atoms with van der Waals surface area (Å²) in [7, 11) is 0. The van der Waals surface area contributed by atoms with E-state index in [0.717, 1.165) is 123 Å². The van der Waals surface area contributed by atoms with E-state index >= 15 is 0 Å². The molecule has 23 rings (SSSR count). The van der Waals surface area contributed by atoms with Gasteiger partial charge in [-0.25, -0.2) is 29.9 Å². The molecule has 31 nitrogen and oxygen atoms in total. The molecule has 0 amide bonds. The van der Waals surface area contributed by atoms with E-state index in [1.165, 1.54) is 61.1 Å². The molecule has 0 saturated carbocycles. The SMILES string of the molecule is C.C.C.C.C.C.C.C.C.C.C.C.C.C.C.Cc1cccnc1.Cc1ccn[nH]1.Cc1ccnnc1.Cc1cnc2[nH]ccc2c1.Cc1cnc2[nH]ncc2c1.Cc1cnc2ccccc2c1.Cc1cnc2ccccc2n1.Cc1cnc2nc[nH]c2c1.Cc1cncc2ccccc12.Cc1cnccn1.Cc1cnnc2[nH]ccc12.Cc1cnnc2[nH]ncc12.Cc1cnnc2ccccc12.Cc1ncn[nH]1. The Morgan fingerprint density at radius 2 is 0.782 bits per heavy atom. The average Bonchev–Trinajstić information content (AvgIpc) is 1.53. The number of nitrogens with one attached hydrogen (secondary N) is 7. The van der Waals surface area contributed by atoms with Crippen molar-refractivity contribution >= 4 is 98.9 Å². The maximum Gasteiger partial charge on any atom is 0.178 e. The van der Waals surface area contributed by atoms with Gasteiger partial charge in [0.15, 0.2) is 22.6 Å². The fourth-order valence-corrected chi connectivity index (χ4v) is 11.2. The third-order valence-electron chi connectivity index (χ3n) is 17.7. The van der Waals surface area contributed by atoms with Crippen LogP contribution in [0.4, 0.5) is 0 Å². The smallest absolute Gasteiger partial charge is 0.178 e. The molecule has 0 bridgehead atoms. The van der Waals surface area contributed by atoms with E-state index < -0.39 is 0 Å². The zero-order chi connectivity index (χ0) is 89.8. The van der Waals surface area contributed by atoms with Crippen molar-refractivity contribution in [2.24, 2.45) is 0 Å². The second kappa shape index (κ2) is 73.4. The molecular weight excluding hydrogens is 1770 g/mol. The first kappa shape index (κ1) is 136. The Hall–Kier alpha value is -16.9. The summed E-state index contributed by atoms with van der Waals surface area (Å²) in [6.45, 7) is 27.9. The van der Waals surface area contributed by atoms with Gasteiger partial charge in [0.05, 0.1) is 82.5 Å². The number of aromatic amines is 7. The van der Waals surface area contributed by atoms with Crippen LogP contribution >= 0.6 is 0 Å². The number of fused-ring (bicyclic) bond motifs is 9. The van der Waals surface area contributed by atoms with Gasteiger partial charge in [-0.15, -0.1) is 10.2 Å². The summed E-state index contributed by atoms with van der Waals surface area (Å²) in [6, 6.07) is 52.4. The number of para-hydroxylation sites is 3. The van der Waals surface area contributed by atoms with E-state index in [1.807, 2.05) is 254 Å². The minimum Gasteiger partial charge on any atom is -0.346 e. The summed E-state index contributed by atoms with van der Waals surface area (Å²) in [5, 5.41) is 65.6. The number of hydrogen-bond acceptors (Lipinski definition) is 24. The molecule has 0 aliphatic heterocycles. The van der Waals surface area contributed by atoms with Gasteiger partial charge in [0.1, 0.15) is 17.8 Å². The monoisotopic (exact) mass is 1930 g/mol. The summed E-state index contributed by atoms with van der Waals surface area (Å²) in [4.78, 5) is 57.7. The van der Waals surface area contributed by atoms with Crippen molar-refractivity contribution < 1.29 is 0 Å². The molecule has 0 aliphatic carbocycles. The number of H-pyrrole nitrogens is 7. The lowest BCUT2D eigenvalue weighted by molar-refractivity contribution is 1.01. The lowest BCUT2D eigenvalue weighted by Crippen LogP contribution is -1.85. The fourth-order valence-electron chi connectivity index (χ4n) is 11.2. The number of benzene rings is 4. The summed E-state index contributed by atoms with van der Waals surface area (Å²) in [5.74, 6) is 0.856. The molecule has 758 valence electrons. The normalized spacial score (nSPS) is 8.92. The van der Waals surface area contributed by atoms with Crippen LogP contribution in [-0.2, 0) is 0 Å². The number of imidazole rings is 1. The third-order valence-corrected chi connectivity index (χ3v) is 17.7. The van der Waals surface area contributed by atoms with Crippen LogP contribution in [0.25, 0.3) is 98.9 Å². The highest BCUT2D eigenvalue weighted by Gasteiger charge is 2.03. The number of hydrogen-bond donors (Lipinski definition) is 7. The van der Waals surface area contributed by atoms with Gasteiger partial charge < -0.3 is 15.0 Å². The molecule has 7 N–H and O–H groups in total. The number of aryl methyl sites for hydroxylation is 14. The van der Waals surface area contributed by atoms with Crippen molar-refractivity contribution in [2.75, 3.05) is 0 Å². The molecule has 23 aromatic rings. The fraction of sp³-hybridized carbons (Fsp3) is 0.261. The van der Waals surface area contributed by atoms with Crippen molar-refractivity contribution in [1.29, 1.82) is 0 Å². The molecule has 142 heavy (non-hydrogen) atoms. The van der Waals surface area contributed by atoms with Gasteiger partial charge in [-0.1, -0.05) is 190 Å². The number of nitrogens with zero attached hydrogens (tertiary/aromatic N) is 24. The highest BCUT2D eigenvalue weighted by molar-refractivity contribution is 5.85. The van der Waals surface area contributed by atoms with Gasteiger partial charge in [-0.05, 0) is 237 Å². The van der Waals surface area contributed by atoms with Crippen LogP contribution in [0.2, 0.25) is 0 Å². The zero-order valence-corrected chi connectivity index (χ0v) is 73.1. The van der Waals surface area contributed by atoms with Crippen molar-refractivity contribution in [2.45, 2.75) is 208 Å². The molecule has 0 spiro atoms. The topological polar surface area (TPSA) is 420 Å². The van der Waals surface area contributed by atoms with Crippen LogP contribution < -0.4 is 0 Å². The van der Waals surface area contributed by atoms with Gasteiger partial charge in [-0.3, -0.25) is 50.3 Å². The third kappa shape index (κ3) is 45.9. The van der Waals surface area contributed by atoms with E-state index in [9.17, 15) is 0 Å². The second-order valence-electron chi connectivity index (χ2n) is 28.5. The first-order valence-electron chi connectivity index (χ1n) is 40.1. The first-order valence-corrected chi connectivity index (χ1v) is 40.1. The van der Waals surface area contributed by atoms with Crippen LogP contribution in [0, 0.1) is 96.9 Å². The minimum atomic E-state index is 0. The predicted octanol–water partition coefficient (Wildman–Crippen LogP) is 28.6. The maximum atomic E-state index is 4.31. The van der Waals surface area contributed by atoms with Crippen molar-refractivity contribution in [3.05, 3.63) is 385 Å². The van der Waals surface area contributed by atoms with Gasteiger partial charge in [0.2, 0.25) is 0 Å². The highest BCUT2D eigenvalue weighted by atomic mass is 15.2. The Labute approximate surface area is 844 Å². The Morgan fingerprint density at radius 1 is 0.239 bits per heavy atom. The molecule has 0 unspecified atom stereocenters. The summed E-state index contributed by atoms with van der Waals surface area (Å²) >= 11 is 0. The molecule has 19 heterocycles. The summed E-state index contributed by atoms with van der Waals surface area (Å²) in [5.41, 5.74) is 23.9. The van der Waals surface area contributed by atoms with E-state index in [1.54, 1.807) is 86.9 Å². The second-order valence-corrected chi connectivity index (χ2v) is 28.5. The molecule has 0 saturated heterocycles. The largest absolute Gasteiger partial charge is 0.346 e. The van der Waals surface area contributed by atoms with Crippen LogP contribution in [0.5, 0.6) is 0 Å². The van der Waals surface area contributed by atoms with E-state index in [2.05, 4.69) is 213 Å². The van der Waals surface area contributed by atoms with E-state index in [-0.39, 0.29) is 111 Å². The number of aromatic nitrogens is 31. The van der Waals surface area contributed by atoms with Crippen LogP contribution in [0.3, 0.4) is 0 Å². The molecular formula is C111H159N31. The molecule has 0 radical (unpaired) electrons. The average molecular weight is 1930 g/mol. The maximum absolute atomic E-state index is 4.31. The lowest BCUT2D eigenvalue weighted by Gasteiger charge is -1.98. The standard InChI is InChI=1S/2C10H9N.2C9H8N2.C8H8N2.3C7H7N3.C6H6N4.C6H7N.2C5H6N2.C4H6N2.C3H5N3.15CH4/c1-8-6-11-7-9-4-2-3-5-10(8)9;1-8-6-9-4-2-3-5-10(9)11-7-8;1-7-6-10-8-4-2-3-5-9(8)11-7;1-7-6-10-11-9-5-3-2-4-8(7)9;1-6-4-7-2-3-9-8(7)10-5-6;1-5-2-6-7(8-3-5)10-4-9-6;1-5-2-6-4-9-10-7(6)8-3-5;1-5-4-9-10-7-6(5)2-3-8-7;1-4-2-7-9-6-5(4)3-8-10-6;1-6-3-2-4-7-5-6;1-5-4-6-2-3-7-5;1-5-2-3-6-7-4-5;1-4-2-3-5-6-4;1-3-4-2-5-6-3;;;;;;;;;;;;;;;/h2*2-7H,1H3;2*2-6H,1H3;2-5H,1H3,(H,9,10);2*2-4H,1H3,(H,8,9,10);2-4H,1H3,(H,8,10);2-3H,1H3,(H,8,9,10);2-5H,1H3;2*2-4H,1H3;2-3H,1H3,(H,5,6);2H,1H3,(H,4,5,6);15*1H4. The Bertz CT molecular complexity index is 6520. The summed E-state index contributed by atoms with van der Waals surface area (Å²) in [6.07, 6.45) is 42.4. The lowest BCUT2D eigenvalue weighted by atomic mass is 10.1. The molecule has 0 fully saturated rings. The van der Waals surface area contributed by atoms with Crippen LogP contribution in [-0.4, -0.2) is 156 Å². The molecule has 0 aliphatic rings. The van der Waals surface area contributed by atoms with Crippen molar-refractivity contribution in [1.82, 2.24) is 156 Å². The van der Waals surface area contributed by atoms with E-state index in [0.29, 0.717) is 0 Å². The highest BCUT2D eigenvalue weighted by Crippen LogP contribution is 2.19. The molecule has 4 aromatic carbocycles. The van der Waals surface area contributed by atoms with Gasteiger partial charge >= 0.3 is 0 Å². The van der Waals surface area contributed by atoms with Gasteiger partial charge in [-0.2, -0.15) is 51.0 Å². The van der Waals surface area contributed by atoms with Crippen molar-refractivity contribution in [3.63, 3.8) is 0 Å². The number of rotatable bonds is 0. The minimum absolute atomic E-state index is 0. The van der Waals surface area contributed by atoms with Crippen molar-refractivity contribution in [3.8, 4) is 0 Å². The molecule has 0 atom stereocenters. The molecule has 19 aromatic heterocycles. The first-order chi connectivity index (χ1) is 61.8. The Morgan fingerprint density at radius 3 is 1.33 bits per heavy atom. The van der Waals surface area contributed by atoms with Gasteiger partial charge in [0, 0.05) is 143 Å². The van der Waals surface area contributed by atoms with Crippen LogP contribution in [0.15, 0.2) is 307 Å². The predicted molar refractivity (Wildman–Crippen MR) is 603 cm³/mol. The molecule has 31 heteroatoms. The quantitative estimate of drug-likeness (QED) is 0.0741. The van der Waals surface area contributed by atoms with E-state index in [4.69, 9.17) is 0 Å². The Balaban J connectivity index is -0.000000349. The van der Waals surface area contributed by atoms with Crippen LogP contribution in [0.1, 0.15) is 190 Å². The zero-order valence-electron chi connectivity index (χ0n) is 73.1. The number of pyridine rings is 6.